The smallest absolute Gasteiger partial charge is 0.366 e. The number of para-hydroxylation sites is 2. The van der Waals surface area contributed by atoms with E-state index in [2.05, 4.69) is 20.1 Å². The first-order chi connectivity index (χ1) is 7.70. The first-order valence-corrected chi connectivity index (χ1v) is 8.67. The minimum absolute atomic E-state index is 0.857. The lowest BCUT2D eigenvalue weighted by Crippen LogP contribution is -1.81. The Kier molecular flexibility index (Phi) is 4.06. The molecule has 0 amide bonds. The summed E-state index contributed by atoms with van der Waals surface area (Å²) in [7, 11) is -0.912. The zero-order valence-electron chi connectivity index (χ0n) is 9.39. The third-order valence-electron chi connectivity index (χ3n) is 1.95. The van der Waals surface area contributed by atoms with E-state index >= 15 is 0 Å². The summed E-state index contributed by atoms with van der Waals surface area (Å²) >= 11 is 3.42. The average molecular weight is 272 g/mol. The summed E-state index contributed by atoms with van der Waals surface area (Å²) in [5.41, 5.74) is 1.31. The predicted molar refractivity (Wildman–Crippen MR) is 74.1 cm³/mol. The molecule has 0 N–H and O–H groups in total. The summed E-state index contributed by atoms with van der Waals surface area (Å²) in [6, 6.07) is 7.81. The van der Waals surface area contributed by atoms with Crippen molar-refractivity contribution in [1.82, 2.24) is 0 Å². The molecule has 5 heteroatoms. The van der Waals surface area contributed by atoms with E-state index in [1.165, 1.54) is 9.81 Å². The van der Waals surface area contributed by atoms with Crippen LogP contribution in [0.25, 0.3) is 0 Å². The molecule has 2 nitrogen and oxygen atoms in total. The van der Waals surface area contributed by atoms with Gasteiger partial charge in [0.1, 0.15) is 0 Å². The molecule has 0 saturated carbocycles. The van der Waals surface area contributed by atoms with E-state index in [-0.39, 0.29) is 0 Å². The quantitative estimate of drug-likeness (QED) is 0.718. The van der Waals surface area contributed by atoms with Crippen LogP contribution in [0.15, 0.2) is 34.1 Å². The van der Waals surface area contributed by atoms with Crippen molar-refractivity contribution >= 4 is 30.7 Å². The first-order valence-electron chi connectivity index (χ1n) is 4.85. The third-order valence-corrected chi connectivity index (χ3v) is 6.70. The maximum atomic E-state index is 5.75. The number of benzene rings is 1. The van der Waals surface area contributed by atoms with Gasteiger partial charge < -0.3 is 9.05 Å². The van der Waals surface area contributed by atoms with Gasteiger partial charge in [0.15, 0.2) is 11.5 Å². The molecule has 1 aromatic rings. The predicted octanol–water partition coefficient (Wildman–Crippen LogP) is 5.03. The van der Waals surface area contributed by atoms with Crippen molar-refractivity contribution in [2.45, 2.75) is 13.8 Å². The van der Waals surface area contributed by atoms with Crippen LogP contribution < -0.4 is 9.05 Å². The van der Waals surface area contributed by atoms with Gasteiger partial charge in [0.05, 0.1) is 0 Å². The normalized spacial score (nSPS) is 13.9. The number of allylic oxidation sites excluding steroid dienone is 1. The monoisotopic (exact) mass is 272 g/mol. The topological polar surface area (TPSA) is 18.5 Å². The van der Waals surface area contributed by atoms with Gasteiger partial charge in [-0.3, -0.25) is 0 Å². The SMILES string of the molecule is CSC(SP1Oc2ccccc2O1)=C(C)C. The lowest BCUT2D eigenvalue weighted by Gasteiger charge is -2.09. The van der Waals surface area contributed by atoms with Crippen molar-refractivity contribution in [2.75, 3.05) is 6.26 Å². The Labute approximate surface area is 105 Å². The zero-order chi connectivity index (χ0) is 11.5. The Balaban J connectivity index is 2.05. The summed E-state index contributed by atoms with van der Waals surface area (Å²) in [4.78, 5) is 0. The van der Waals surface area contributed by atoms with E-state index < -0.39 is 7.58 Å². The molecule has 1 aliphatic rings. The highest BCUT2D eigenvalue weighted by Crippen LogP contribution is 2.63. The van der Waals surface area contributed by atoms with Crippen LogP contribution in [0, 0.1) is 0 Å². The minimum Gasteiger partial charge on any atom is -0.427 e. The highest BCUT2D eigenvalue weighted by molar-refractivity contribution is 8.58. The average Bonchev–Trinajstić information content (AvgIpc) is 2.67. The number of rotatable bonds is 3. The second-order valence-electron chi connectivity index (χ2n) is 3.44. The van der Waals surface area contributed by atoms with Gasteiger partial charge in [0.25, 0.3) is 0 Å². The summed E-state index contributed by atoms with van der Waals surface area (Å²) in [5.74, 6) is 1.71. The molecule has 0 saturated heterocycles. The van der Waals surface area contributed by atoms with Gasteiger partial charge in [-0.25, -0.2) is 0 Å². The van der Waals surface area contributed by atoms with E-state index in [0.717, 1.165) is 11.5 Å². The standard InChI is InChI=1S/C11H13O2PS2/c1-8(2)11(15-3)16-14-12-9-6-4-5-7-10(9)13-14/h4-7H,1-3H3. The molecule has 0 radical (unpaired) electrons. The van der Waals surface area contributed by atoms with Crippen LogP contribution in [0.5, 0.6) is 11.5 Å². The van der Waals surface area contributed by atoms with Gasteiger partial charge >= 0.3 is 7.58 Å². The molecule has 0 fully saturated rings. The number of thioether (sulfide) groups is 1. The lowest BCUT2D eigenvalue weighted by molar-refractivity contribution is 0.597. The zero-order valence-corrected chi connectivity index (χ0v) is 11.9. The van der Waals surface area contributed by atoms with E-state index in [0.29, 0.717) is 0 Å². The molecule has 2 rings (SSSR count). The van der Waals surface area contributed by atoms with Crippen LogP contribution in [0.2, 0.25) is 0 Å². The van der Waals surface area contributed by atoms with Crippen LogP contribution in [0.4, 0.5) is 0 Å². The van der Waals surface area contributed by atoms with Crippen LogP contribution >= 0.6 is 30.7 Å². The number of fused-ring (bicyclic) bond motifs is 1. The van der Waals surface area contributed by atoms with Crippen LogP contribution in [-0.2, 0) is 0 Å². The molecule has 1 aliphatic heterocycles. The molecule has 0 aromatic heterocycles. The van der Waals surface area contributed by atoms with Gasteiger partial charge in [-0.1, -0.05) is 17.7 Å². The Morgan fingerprint density at radius 1 is 1.12 bits per heavy atom. The fourth-order valence-corrected chi connectivity index (χ4v) is 5.85. The molecule has 86 valence electrons. The van der Waals surface area contributed by atoms with E-state index in [1.54, 1.807) is 23.1 Å². The van der Waals surface area contributed by atoms with Gasteiger partial charge in [-0.2, -0.15) is 0 Å². The van der Waals surface area contributed by atoms with Crippen LogP contribution in [0.1, 0.15) is 13.8 Å². The van der Waals surface area contributed by atoms with Gasteiger partial charge in [0.2, 0.25) is 0 Å². The fraction of sp³-hybridized carbons (Fsp3) is 0.273. The van der Waals surface area contributed by atoms with E-state index in [4.69, 9.17) is 9.05 Å². The van der Waals surface area contributed by atoms with Gasteiger partial charge in [0, 0.05) is 4.24 Å². The van der Waals surface area contributed by atoms with E-state index in [9.17, 15) is 0 Å². The largest absolute Gasteiger partial charge is 0.427 e. The minimum atomic E-state index is -0.912. The molecule has 0 atom stereocenters. The summed E-state index contributed by atoms with van der Waals surface area (Å²) in [6.45, 7) is 4.22. The van der Waals surface area contributed by atoms with E-state index in [1.807, 2.05) is 24.3 Å². The molecule has 0 unspecified atom stereocenters. The van der Waals surface area contributed by atoms with Gasteiger partial charge in [-0.15, -0.1) is 11.8 Å². The Morgan fingerprint density at radius 3 is 2.12 bits per heavy atom. The summed E-state index contributed by atoms with van der Waals surface area (Å²) in [5, 5.41) is 0. The molecule has 0 spiro atoms. The maximum Gasteiger partial charge on any atom is 0.366 e. The van der Waals surface area contributed by atoms with Crippen molar-refractivity contribution in [3.8, 4) is 11.5 Å². The maximum absolute atomic E-state index is 5.75. The van der Waals surface area contributed by atoms with Crippen LogP contribution in [-0.4, -0.2) is 6.26 Å². The number of hydrogen-bond acceptors (Lipinski definition) is 4. The van der Waals surface area contributed by atoms with Crippen molar-refractivity contribution in [1.29, 1.82) is 0 Å². The van der Waals surface area contributed by atoms with Crippen molar-refractivity contribution in [2.24, 2.45) is 0 Å². The summed E-state index contributed by atoms with van der Waals surface area (Å²) in [6.07, 6.45) is 2.08. The second kappa shape index (κ2) is 5.35. The fourth-order valence-electron chi connectivity index (χ4n) is 1.22. The first kappa shape index (κ1) is 12.2. The van der Waals surface area contributed by atoms with Crippen molar-refractivity contribution < 1.29 is 9.05 Å². The second-order valence-corrected chi connectivity index (χ2v) is 7.36. The molecular weight excluding hydrogens is 259 g/mol. The Hall–Kier alpha value is -0.310. The van der Waals surface area contributed by atoms with Crippen molar-refractivity contribution in [3.63, 3.8) is 0 Å². The lowest BCUT2D eigenvalue weighted by atomic mass is 10.3. The number of hydrogen-bond donors (Lipinski definition) is 0. The molecule has 0 bridgehead atoms. The third kappa shape index (κ3) is 2.68. The highest BCUT2D eigenvalue weighted by Gasteiger charge is 2.27. The highest BCUT2D eigenvalue weighted by atomic mass is 32.7. The molecule has 1 aromatic carbocycles. The Bertz CT molecular complexity index is 391. The van der Waals surface area contributed by atoms with Crippen LogP contribution in [0.3, 0.4) is 0 Å². The Morgan fingerprint density at radius 2 is 1.69 bits per heavy atom. The molecule has 1 heterocycles. The molecular formula is C11H13O2PS2. The van der Waals surface area contributed by atoms with Crippen molar-refractivity contribution in [3.05, 3.63) is 34.1 Å². The molecule has 16 heavy (non-hydrogen) atoms. The van der Waals surface area contributed by atoms with Gasteiger partial charge in [-0.05, 0) is 43.6 Å². The summed E-state index contributed by atoms with van der Waals surface area (Å²) < 4.78 is 12.8. The molecule has 0 aliphatic carbocycles.